The number of carbonyl (C=O) groups is 2. The van der Waals surface area contributed by atoms with Crippen molar-refractivity contribution in [3.8, 4) is 0 Å². The second kappa shape index (κ2) is 8.24. The summed E-state index contributed by atoms with van der Waals surface area (Å²) in [6.07, 6.45) is 7.47. The maximum absolute atomic E-state index is 12.9. The average molecular weight is 331 g/mol. The summed E-state index contributed by atoms with van der Waals surface area (Å²) in [4.78, 5) is 32.6. The number of amides is 2. The van der Waals surface area contributed by atoms with E-state index in [1.165, 1.54) is 0 Å². The standard InChI is InChI=1S/C18H25N3O3/c22-17-5-2-9-20(17)10-3-11-21(16-6-12-24-13-7-16)18(23)15-4-1-8-19-14-15/h1,4,8,14,16H,2-3,5-7,9-13H2. The SMILES string of the molecule is O=C1CCCN1CCCN(C(=O)c1cccnc1)C1CCOCC1. The molecular formula is C18H25N3O3. The Bertz CT molecular complexity index is 558. The van der Waals surface area contributed by atoms with Gasteiger partial charge in [-0.1, -0.05) is 0 Å². The number of aromatic nitrogens is 1. The molecule has 3 rings (SSSR count). The monoisotopic (exact) mass is 331 g/mol. The van der Waals surface area contributed by atoms with Crippen LogP contribution in [0.2, 0.25) is 0 Å². The molecule has 0 bridgehead atoms. The molecule has 0 aliphatic carbocycles. The van der Waals surface area contributed by atoms with E-state index in [-0.39, 0.29) is 17.9 Å². The lowest BCUT2D eigenvalue weighted by Crippen LogP contribution is -2.44. The van der Waals surface area contributed by atoms with E-state index < -0.39 is 0 Å². The fourth-order valence-corrected chi connectivity index (χ4v) is 3.47. The topological polar surface area (TPSA) is 62.7 Å². The lowest BCUT2D eigenvalue weighted by atomic mass is 10.1. The van der Waals surface area contributed by atoms with Crippen molar-refractivity contribution in [3.63, 3.8) is 0 Å². The number of nitrogens with zero attached hydrogens (tertiary/aromatic N) is 3. The Morgan fingerprint density at radius 1 is 1.38 bits per heavy atom. The zero-order valence-corrected chi connectivity index (χ0v) is 14.0. The molecule has 2 aliphatic rings. The maximum atomic E-state index is 12.9. The molecule has 1 aromatic heterocycles. The van der Waals surface area contributed by atoms with Gasteiger partial charge in [-0.05, 0) is 37.8 Å². The number of pyridine rings is 1. The van der Waals surface area contributed by atoms with Crippen LogP contribution < -0.4 is 0 Å². The molecule has 2 saturated heterocycles. The summed E-state index contributed by atoms with van der Waals surface area (Å²) < 4.78 is 5.43. The predicted molar refractivity (Wildman–Crippen MR) is 89.5 cm³/mol. The molecule has 0 radical (unpaired) electrons. The van der Waals surface area contributed by atoms with Crippen molar-refractivity contribution in [2.45, 2.75) is 38.1 Å². The summed E-state index contributed by atoms with van der Waals surface area (Å²) in [7, 11) is 0. The van der Waals surface area contributed by atoms with Crippen LogP contribution in [0, 0.1) is 0 Å². The molecule has 0 N–H and O–H groups in total. The number of hydrogen-bond donors (Lipinski definition) is 0. The molecule has 6 nitrogen and oxygen atoms in total. The molecule has 130 valence electrons. The molecule has 3 heterocycles. The molecule has 0 atom stereocenters. The lowest BCUT2D eigenvalue weighted by Gasteiger charge is -2.34. The van der Waals surface area contributed by atoms with Crippen LogP contribution in [0.25, 0.3) is 0 Å². The van der Waals surface area contributed by atoms with E-state index in [0.29, 0.717) is 31.7 Å². The van der Waals surface area contributed by atoms with Crippen LogP contribution in [0.1, 0.15) is 42.5 Å². The molecule has 1 aromatic rings. The fraction of sp³-hybridized carbons (Fsp3) is 0.611. The first-order valence-corrected chi connectivity index (χ1v) is 8.82. The Balaban J connectivity index is 1.63. The molecule has 0 unspecified atom stereocenters. The first-order valence-electron chi connectivity index (χ1n) is 8.82. The second-order valence-corrected chi connectivity index (χ2v) is 6.42. The van der Waals surface area contributed by atoms with Gasteiger partial charge in [-0.3, -0.25) is 14.6 Å². The van der Waals surface area contributed by atoms with Crippen molar-refractivity contribution in [2.75, 3.05) is 32.8 Å². The van der Waals surface area contributed by atoms with Gasteiger partial charge in [0.1, 0.15) is 0 Å². The van der Waals surface area contributed by atoms with Gasteiger partial charge < -0.3 is 14.5 Å². The molecule has 0 aromatic carbocycles. The minimum Gasteiger partial charge on any atom is -0.381 e. The average Bonchev–Trinajstić information content (AvgIpc) is 3.05. The van der Waals surface area contributed by atoms with E-state index in [2.05, 4.69) is 4.98 Å². The Morgan fingerprint density at radius 3 is 2.88 bits per heavy atom. The van der Waals surface area contributed by atoms with E-state index in [1.54, 1.807) is 18.5 Å². The zero-order chi connectivity index (χ0) is 16.8. The second-order valence-electron chi connectivity index (χ2n) is 6.42. The predicted octanol–water partition coefficient (Wildman–Crippen LogP) is 1.72. The van der Waals surface area contributed by atoms with Crippen LogP contribution in [0.15, 0.2) is 24.5 Å². The number of likely N-dealkylation sites (tertiary alicyclic amines) is 1. The van der Waals surface area contributed by atoms with Crippen LogP contribution in [0.3, 0.4) is 0 Å². The van der Waals surface area contributed by atoms with Crippen molar-refractivity contribution < 1.29 is 14.3 Å². The van der Waals surface area contributed by atoms with Crippen molar-refractivity contribution in [2.24, 2.45) is 0 Å². The summed E-state index contributed by atoms with van der Waals surface area (Å²) in [6, 6.07) is 3.81. The van der Waals surface area contributed by atoms with Crippen molar-refractivity contribution in [3.05, 3.63) is 30.1 Å². The third-order valence-corrected chi connectivity index (χ3v) is 4.80. The van der Waals surface area contributed by atoms with Gasteiger partial charge in [0.15, 0.2) is 0 Å². The minimum absolute atomic E-state index is 0.0303. The summed E-state index contributed by atoms with van der Waals surface area (Å²) in [5.74, 6) is 0.272. The van der Waals surface area contributed by atoms with Gasteiger partial charge in [-0.25, -0.2) is 0 Å². The van der Waals surface area contributed by atoms with E-state index in [9.17, 15) is 9.59 Å². The molecular weight excluding hydrogens is 306 g/mol. The van der Waals surface area contributed by atoms with Crippen LogP contribution in [-0.4, -0.2) is 65.5 Å². The van der Waals surface area contributed by atoms with Gasteiger partial charge in [0.25, 0.3) is 5.91 Å². The van der Waals surface area contributed by atoms with Gasteiger partial charge in [-0.15, -0.1) is 0 Å². The molecule has 2 aliphatic heterocycles. The first-order chi connectivity index (χ1) is 11.8. The first kappa shape index (κ1) is 16.9. The van der Waals surface area contributed by atoms with Gasteiger partial charge in [0, 0.05) is 57.7 Å². The van der Waals surface area contributed by atoms with Gasteiger partial charge in [0.05, 0.1) is 5.56 Å². The van der Waals surface area contributed by atoms with Gasteiger partial charge >= 0.3 is 0 Å². The van der Waals surface area contributed by atoms with Crippen molar-refractivity contribution >= 4 is 11.8 Å². The third-order valence-electron chi connectivity index (χ3n) is 4.80. The fourth-order valence-electron chi connectivity index (χ4n) is 3.47. The molecule has 0 spiro atoms. The maximum Gasteiger partial charge on any atom is 0.255 e. The minimum atomic E-state index is 0.0303. The van der Waals surface area contributed by atoms with E-state index in [1.807, 2.05) is 15.9 Å². The molecule has 0 saturated carbocycles. The number of ether oxygens (including phenoxy) is 1. The third kappa shape index (κ3) is 4.12. The van der Waals surface area contributed by atoms with E-state index in [4.69, 9.17) is 4.74 Å². The zero-order valence-electron chi connectivity index (χ0n) is 14.0. The normalized spacial score (nSPS) is 18.8. The molecule has 6 heteroatoms. The molecule has 2 amide bonds. The van der Waals surface area contributed by atoms with Crippen LogP contribution in [0.4, 0.5) is 0 Å². The highest BCUT2D eigenvalue weighted by molar-refractivity contribution is 5.94. The summed E-state index contributed by atoms with van der Waals surface area (Å²) >= 11 is 0. The summed E-state index contributed by atoms with van der Waals surface area (Å²) in [6.45, 7) is 3.66. The van der Waals surface area contributed by atoms with Crippen molar-refractivity contribution in [1.82, 2.24) is 14.8 Å². The van der Waals surface area contributed by atoms with E-state index >= 15 is 0 Å². The highest BCUT2D eigenvalue weighted by Gasteiger charge is 2.27. The number of carbonyl (C=O) groups excluding carboxylic acids is 2. The van der Waals surface area contributed by atoms with Crippen LogP contribution in [-0.2, 0) is 9.53 Å². The quantitative estimate of drug-likeness (QED) is 0.796. The Kier molecular flexibility index (Phi) is 5.80. The van der Waals surface area contributed by atoms with Gasteiger partial charge in [-0.2, -0.15) is 0 Å². The molecule has 2 fully saturated rings. The van der Waals surface area contributed by atoms with E-state index in [0.717, 1.165) is 38.8 Å². The highest BCUT2D eigenvalue weighted by atomic mass is 16.5. The Labute approximate surface area is 142 Å². The van der Waals surface area contributed by atoms with Crippen molar-refractivity contribution in [1.29, 1.82) is 0 Å². The lowest BCUT2D eigenvalue weighted by molar-refractivity contribution is -0.127. The summed E-state index contributed by atoms with van der Waals surface area (Å²) in [5, 5.41) is 0. The number of hydrogen-bond acceptors (Lipinski definition) is 4. The van der Waals surface area contributed by atoms with Crippen LogP contribution in [0.5, 0.6) is 0 Å². The largest absolute Gasteiger partial charge is 0.381 e. The summed E-state index contributed by atoms with van der Waals surface area (Å²) in [5.41, 5.74) is 0.626. The smallest absolute Gasteiger partial charge is 0.255 e. The molecule has 24 heavy (non-hydrogen) atoms. The Morgan fingerprint density at radius 2 is 2.21 bits per heavy atom. The van der Waals surface area contributed by atoms with Gasteiger partial charge in [0.2, 0.25) is 5.91 Å². The Hall–Kier alpha value is -1.95. The van der Waals surface area contributed by atoms with Crippen LogP contribution >= 0.6 is 0 Å². The number of rotatable bonds is 6. The highest BCUT2D eigenvalue weighted by Crippen LogP contribution is 2.18.